The van der Waals surface area contributed by atoms with E-state index in [9.17, 15) is 8.42 Å². The summed E-state index contributed by atoms with van der Waals surface area (Å²) in [5, 5.41) is 6.28. The summed E-state index contributed by atoms with van der Waals surface area (Å²) in [6.45, 7) is 6.00. The summed E-state index contributed by atoms with van der Waals surface area (Å²) in [4.78, 5) is 0.175. The van der Waals surface area contributed by atoms with E-state index in [1.54, 1.807) is 6.92 Å². The maximum atomic E-state index is 11.9. The Labute approximate surface area is 102 Å². The van der Waals surface area contributed by atoms with Crippen LogP contribution in [0.1, 0.15) is 26.0 Å². The smallest absolute Gasteiger partial charge is 0.244 e. The van der Waals surface area contributed by atoms with Crippen molar-refractivity contribution in [1.82, 2.24) is 14.9 Å². The average Bonchev–Trinajstić information content (AvgIpc) is 2.61. The Morgan fingerprint density at radius 2 is 2.18 bits per heavy atom. The summed E-state index contributed by atoms with van der Waals surface area (Å²) < 4.78 is 26.2. The minimum atomic E-state index is -3.50. The maximum Gasteiger partial charge on any atom is 0.244 e. The highest BCUT2D eigenvalue weighted by Gasteiger charge is 2.19. The molecule has 0 saturated heterocycles. The Morgan fingerprint density at radius 3 is 2.65 bits per heavy atom. The molecule has 1 aromatic rings. The number of nitrogens with one attached hydrogen (secondary N) is 2. The normalized spacial score (nSPS) is 14.2. The molecule has 0 aliphatic rings. The van der Waals surface area contributed by atoms with Gasteiger partial charge in [-0.3, -0.25) is 5.10 Å². The summed E-state index contributed by atoms with van der Waals surface area (Å²) in [5.41, 5.74) is 6.35. The number of rotatable bonds is 6. The summed E-state index contributed by atoms with van der Waals surface area (Å²) >= 11 is 0. The van der Waals surface area contributed by atoms with Crippen LogP contribution >= 0.6 is 0 Å². The fourth-order valence-corrected chi connectivity index (χ4v) is 2.82. The minimum Gasteiger partial charge on any atom is -0.327 e. The van der Waals surface area contributed by atoms with Crippen molar-refractivity contribution in [2.24, 2.45) is 11.7 Å². The van der Waals surface area contributed by atoms with Crippen molar-refractivity contribution in [3.05, 3.63) is 11.9 Å². The largest absolute Gasteiger partial charge is 0.327 e. The molecule has 0 aromatic carbocycles. The van der Waals surface area contributed by atoms with Crippen LogP contribution < -0.4 is 10.5 Å². The van der Waals surface area contributed by atoms with Crippen LogP contribution in [0.25, 0.3) is 0 Å². The summed E-state index contributed by atoms with van der Waals surface area (Å²) in [5.74, 6) is 0.449. The second kappa shape index (κ2) is 5.61. The lowest BCUT2D eigenvalue weighted by atomic mass is 10.1. The van der Waals surface area contributed by atoms with Crippen molar-refractivity contribution in [3.8, 4) is 0 Å². The zero-order valence-corrected chi connectivity index (χ0v) is 11.2. The van der Waals surface area contributed by atoms with Crippen molar-refractivity contribution in [2.75, 3.05) is 6.54 Å². The SMILES string of the molecule is Cc1[nH]ncc1S(=O)(=O)NCC(N)CC(C)C. The Balaban J connectivity index is 2.60. The van der Waals surface area contributed by atoms with Crippen LogP contribution in [0.15, 0.2) is 11.1 Å². The van der Waals surface area contributed by atoms with Crippen LogP contribution in [0, 0.1) is 12.8 Å². The van der Waals surface area contributed by atoms with Crippen molar-refractivity contribution in [1.29, 1.82) is 0 Å². The van der Waals surface area contributed by atoms with E-state index in [0.29, 0.717) is 11.6 Å². The molecular formula is C10H20N4O2S. The van der Waals surface area contributed by atoms with Crippen LogP contribution in [-0.4, -0.2) is 31.2 Å². The van der Waals surface area contributed by atoms with E-state index in [4.69, 9.17) is 5.73 Å². The molecule has 6 nitrogen and oxygen atoms in total. The number of hydrogen-bond donors (Lipinski definition) is 3. The highest BCUT2D eigenvalue weighted by atomic mass is 32.2. The van der Waals surface area contributed by atoms with Crippen molar-refractivity contribution >= 4 is 10.0 Å². The van der Waals surface area contributed by atoms with Gasteiger partial charge in [0, 0.05) is 12.6 Å². The fraction of sp³-hybridized carbons (Fsp3) is 0.700. The number of H-pyrrole nitrogens is 1. The molecule has 0 aliphatic heterocycles. The predicted octanol–water partition coefficient (Wildman–Crippen LogP) is 0.370. The first-order valence-electron chi connectivity index (χ1n) is 5.58. The molecule has 1 rings (SSSR count). The van der Waals surface area contributed by atoms with Crippen LogP contribution in [0.2, 0.25) is 0 Å². The first kappa shape index (κ1) is 14.1. The highest BCUT2D eigenvalue weighted by molar-refractivity contribution is 7.89. The van der Waals surface area contributed by atoms with E-state index in [1.807, 2.05) is 0 Å². The van der Waals surface area contributed by atoms with Gasteiger partial charge in [-0.1, -0.05) is 13.8 Å². The molecule has 0 bridgehead atoms. The molecule has 0 spiro atoms. The van der Waals surface area contributed by atoms with Gasteiger partial charge in [0.2, 0.25) is 10.0 Å². The Hall–Kier alpha value is -0.920. The lowest BCUT2D eigenvalue weighted by molar-refractivity contribution is 0.486. The molecule has 17 heavy (non-hydrogen) atoms. The number of nitrogens with zero attached hydrogens (tertiary/aromatic N) is 1. The van der Waals surface area contributed by atoms with Crippen LogP contribution in [-0.2, 0) is 10.0 Å². The Kier molecular flexibility index (Phi) is 4.67. The maximum absolute atomic E-state index is 11.9. The van der Waals surface area contributed by atoms with Gasteiger partial charge in [0.05, 0.1) is 11.9 Å². The van der Waals surface area contributed by atoms with Crippen LogP contribution in [0.3, 0.4) is 0 Å². The molecule has 0 fully saturated rings. The third-order valence-corrected chi connectivity index (χ3v) is 3.92. The lowest BCUT2D eigenvalue weighted by Crippen LogP contribution is -2.38. The summed E-state index contributed by atoms with van der Waals surface area (Å²) in [6.07, 6.45) is 2.08. The van der Waals surface area contributed by atoms with Crippen LogP contribution in [0.5, 0.6) is 0 Å². The number of hydrogen-bond acceptors (Lipinski definition) is 4. The number of aromatic amines is 1. The molecule has 1 aromatic heterocycles. The van der Waals surface area contributed by atoms with Gasteiger partial charge < -0.3 is 5.73 Å². The molecule has 4 N–H and O–H groups in total. The third-order valence-electron chi connectivity index (χ3n) is 2.38. The molecule has 0 saturated carbocycles. The first-order valence-corrected chi connectivity index (χ1v) is 7.06. The van der Waals surface area contributed by atoms with Gasteiger partial charge in [-0.15, -0.1) is 0 Å². The third kappa shape index (κ3) is 4.10. The minimum absolute atomic E-state index is 0.169. The second-order valence-electron chi connectivity index (χ2n) is 4.60. The number of aryl methyl sites for hydroxylation is 1. The van der Waals surface area contributed by atoms with Gasteiger partial charge in [0.1, 0.15) is 4.90 Å². The topological polar surface area (TPSA) is 101 Å². The number of aromatic nitrogens is 2. The first-order chi connectivity index (χ1) is 7.83. The number of sulfonamides is 1. The van der Waals surface area contributed by atoms with E-state index in [-0.39, 0.29) is 17.5 Å². The molecule has 98 valence electrons. The van der Waals surface area contributed by atoms with Crippen molar-refractivity contribution < 1.29 is 8.42 Å². The van der Waals surface area contributed by atoms with Gasteiger partial charge >= 0.3 is 0 Å². The fourth-order valence-electron chi connectivity index (χ4n) is 1.59. The molecule has 1 atom stereocenters. The molecule has 7 heteroatoms. The van der Waals surface area contributed by atoms with Gasteiger partial charge in [0.15, 0.2) is 0 Å². The van der Waals surface area contributed by atoms with Gasteiger partial charge in [0.25, 0.3) is 0 Å². The molecule has 1 unspecified atom stereocenters. The average molecular weight is 260 g/mol. The monoisotopic (exact) mass is 260 g/mol. The quantitative estimate of drug-likeness (QED) is 0.688. The lowest BCUT2D eigenvalue weighted by Gasteiger charge is -2.14. The van der Waals surface area contributed by atoms with E-state index in [2.05, 4.69) is 28.8 Å². The van der Waals surface area contributed by atoms with E-state index in [0.717, 1.165) is 6.42 Å². The van der Waals surface area contributed by atoms with Gasteiger partial charge in [-0.2, -0.15) is 5.10 Å². The van der Waals surface area contributed by atoms with Gasteiger partial charge in [-0.05, 0) is 19.3 Å². The zero-order chi connectivity index (χ0) is 13.1. The van der Waals surface area contributed by atoms with Crippen molar-refractivity contribution in [2.45, 2.75) is 38.1 Å². The van der Waals surface area contributed by atoms with E-state index < -0.39 is 10.0 Å². The second-order valence-corrected chi connectivity index (χ2v) is 6.34. The molecular weight excluding hydrogens is 240 g/mol. The van der Waals surface area contributed by atoms with E-state index in [1.165, 1.54) is 6.20 Å². The Morgan fingerprint density at radius 1 is 1.53 bits per heavy atom. The molecule has 0 radical (unpaired) electrons. The predicted molar refractivity (Wildman–Crippen MR) is 65.9 cm³/mol. The molecule has 1 heterocycles. The highest BCUT2D eigenvalue weighted by Crippen LogP contribution is 2.10. The summed E-state index contributed by atoms with van der Waals surface area (Å²) in [6, 6.07) is -0.169. The van der Waals surface area contributed by atoms with Crippen molar-refractivity contribution in [3.63, 3.8) is 0 Å². The Bertz CT molecular complexity index is 453. The standard InChI is InChI=1S/C10H20N4O2S/c1-7(2)4-9(11)5-13-17(15,16)10-6-12-14-8(10)3/h6-7,9,13H,4-5,11H2,1-3H3,(H,12,14). The van der Waals surface area contributed by atoms with E-state index >= 15 is 0 Å². The summed E-state index contributed by atoms with van der Waals surface area (Å²) in [7, 11) is -3.50. The molecule has 0 amide bonds. The van der Waals surface area contributed by atoms with Crippen LogP contribution in [0.4, 0.5) is 0 Å². The zero-order valence-electron chi connectivity index (χ0n) is 10.4. The van der Waals surface area contributed by atoms with Gasteiger partial charge in [-0.25, -0.2) is 13.1 Å². The number of nitrogens with two attached hydrogens (primary N) is 1. The molecule has 0 aliphatic carbocycles.